The molecule has 2 atom stereocenters. The quantitative estimate of drug-likeness (QED) is 0.274. The molecule has 0 spiro atoms. The van der Waals surface area contributed by atoms with E-state index in [1.165, 1.54) is 32.6 Å². The second-order valence-corrected chi connectivity index (χ2v) is 12.9. The second-order valence-electron chi connectivity index (χ2n) is 12.9. The van der Waals surface area contributed by atoms with Crippen molar-refractivity contribution in [3.63, 3.8) is 0 Å². The number of methoxy groups -OCH3 is 1. The van der Waals surface area contributed by atoms with Crippen LogP contribution in [0.3, 0.4) is 0 Å². The number of hydrogen-bond donors (Lipinski definition) is 2. The number of piperazine rings is 1. The molecule has 2 N–H and O–H groups in total. The Kier molecular flexibility index (Phi) is 12.9. The van der Waals surface area contributed by atoms with Gasteiger partial charge in [-0.05, 0) is 57.1 Å². The Morgan fingerprint density at radius 1 is 0.941 bits per heavy atom. The fourth-order valence-corrected chi connectivity index (χ4v) is 6.20. The number of carbonyl (C=O) groups is 6. The summed E-state index contributed by atoms with van der Waals surface area (Å²) in [5.41, 5.74) is 0.478. The molecule has 1 aliphatic carbocycles. The Hall–Kier alpha value is -5.15. The number of para-hydroxylation sites is 1. The van der Waals surface area contributed by atoms with Crippen LogP contribution in [0.1, 0.15) is 68.8 Å². The Balaban J connectivity index is 1.27. The zero-order valence-electron chi connectivity index (χ0n) is 29.2. The number of rotatable bonds is 14. The van der Waals surface area contributed by atoms with Gasteiger partial charge in [0.05, 0.1) is 19.4 Å². The molecule has 5 rings (SSSR count). The van der Waals surface area contributed by atoms with E-state index in [0.29, 0.717) is 38.1 Å². The van der Waals surface area contributed by atoms with Crippen LogP contribution < -0.4 is 15.4 Å². The van der Waals surface area contributed by atoms with Gasteiger partial charge in [-0.1, -0.05) is 25.1 Å². The molecule has 3 aliphatic rings. The predicted molar refractivity (Wildman–Crippen MR) is 182 cm³/mol. The van der Waals surface area contributed by atoms with E-state index < -0.39 is 36.0 Å². The zero-order chi connectivity index (χ0) is 36.3. The van der Waals surface area contributed by atoms with Crippen molar-refractivity contribution in [2.45, 2.75) is 76.4 Å². The molecular weight excluding hydrogens is 662 g/mol. The molecule has 16 nitrogen and oxygen atoms in total. The Bertz CT molecular complexity index is 1550. The number of nitrogens with one attached hydrogen (secondary N) is 2. The van der Waals surface area contributed by atoms with Gasteiger partial charge in [-0.3, -0.25) is 24.0 Å². The number of likely N-dealkylation sites (tertiary alicyclic amines) is 1. The van der Waals surface area contributed by atoms with Gasteiger partial charge in [0, 0.05) is 51.3 Å². The second kappa shape index (κ2) is 17.7. The van der Waals surface area contributed by atoms with Crippen molar-refractivity contribution in [3.8, 4) is 11.6 Å². The Morgan fingerprint density at radius 2 is 1.67 bits per heavy atom. The highest BCUT2D eigenvalue weighted by Gasteiger charge is 2.36. The first-order chi connectivity index (χ1) is 24.7. The van der Waals surface area contributed by atoms with E-state index in [4.69, 9.17) is 14.2 Å². The standard InChI is InChI=1S/C35H47N7O9/c1-3-21-50-35(48)40-19-17-39(18-20-40)34(47)26(14-15-31(44)49-2)37-32(45)27-22-30(42(38-27)25-11-5-4-6-12-25)51-23-29(43)41-16-8-13-28(41)33(46)36-24-9-7-10-24/h4-6,11-12,22,24,26,28H,3,7-10,13-21,23H2,1-2H3,(H,36,46)(H,37,45)/t26-,28-/m0/s1. The van der Waals surface area contributed by atoms with Crippen LogP contribution >= 0.6 is 0 Å². The van der Waals surface area contributed by atoms with Crippen molar-refractivity contribution >= 4 is 35.7 Å². The van der Waals surface area contributed by atoms with Crippen LogP contribution in [-0.2, 0) is 28.7 Å². The number of esters is 1. The number of hydrogen-bond acceptors (Lipinski definition) is 10. The lowest BCUT2D eigenvalue weighted by atomic mass is 9.93. The molecule has 2 aliphatic heterocycles. The number of ether oxygens (including phenoxy) is 3. The first kappa shape index (κ1) is 37.1. The fourth-order valence-electron chi connectivity index (χ4n) is 6.20. The van der Waals surface area contributed by atoms with Crippen LogP contribution in [0.25, 0.3) is 5.69 Å². The van der Waals surface area contributed by atoms with Crippen molar-refractivity contribution in [2.75, 3.05) is 53.0 Å². The van der Waals surface area contributed by atoms with Gasteiger partial charge >= 0.3 is 12.1 Å². The van der Waals surface area contributed by atoms with Crippen molar-refractivity contribution in [2.24, 2.45) is 0 Å². The van der Waals surface area contributed by atoms with Crippen molar-refractivity contribution in [1.29, 1.82) is 0 Å². The van der Waals surface area contributed by atoms with E-state index in [1.807, 2.05) is 13.0 Å². The summed E-state index contributed by atoms with van der Waals surface area (Å²) in [5, 5.41) is 10.2. The number of carbonyl (C=O) groups excluding carboxylic acids is 6. The molecule has 0 unspecified atom stereocenters. The largest absolute Gasteiger partial charge is 0.469 e. The summed E-state index contributed by atoms with van der Waals surface area (Å²) in [6, 6.07) is 8.79. The summed E-state index contributed by atoms with van der Waals surface area (Å²) in [6.45, 7) is 3.23. The molecule has 276 valence electrons. The molecule has 1 aromatic carbocycles. The first-order valence-corrected chi connectivity index (χ1v) is 17.6. The van der Waals surface area contributed by atoms with Crippen LogP contribution in [0.2, 0.25) is 0 Å². The summed E-state index contributed by atoms with van der Waals surface area (Å²) in [6.07, 6.45) is 4.36. The zero-order valence-corrected chi connectivity index (χ0v) is 29.2. The van der Waals surface area contributed by atoms with E-state index in [1.54, 1.807) is 24.3 Å². The summed E-state index contributed by atoms with van der Waals surface area (Å²) in [5.74, 6) is -2.05. The smallest absolute Gasteiger partial charge is 0.409 e. The van der Waals surface area contributed by atoms with Gasteiger partial charge in [0.25, 0.3) is 11.8 Å². The third kappa shape index (κ3) is 9.55. The maximum atomic E-state index is 13.7. The van der Waals surface area contributed by atoms with E-state index >= 15 is 0 Å². The number of amides is 5. The van der Waals surface area contributed by atoms with Crippen LogP contribution in [0.4, 0.5) is 4.79 Å². The van der Waals surface area contributed by atoms with Crippen LogP contribution in [0.5, 0.6) is 5.88 Å². The third-order valence-electron chi connectivity index (χ3n) is 9.33. The monoisotopic (exact) mass is 709 g/mol. The van der Waals surface area contributed by atoms with Crippen molar-refractivity contribution < 1.29 is 43.0 Å². The first-order valence-electron chi connectivity index (χ1n) is 17.6. The Labute approximate surface area is 296 Å². The minimum absolute atomic E-state index is 0.0292. The van der Waals surface area contributed by atoms with Gasteiger partial charge < -0.3 is 39.5 Å². The molecule has 2 aromatic rings. The highest BCUT2D eigenvalue weighted by Crippen LogP contribution is 2.24. The highest BCUT2D eigenvalue weighted by atomic mass is 16.6. The van der Waals surface area contributed by atoms with E-state index in [-0.39, 0.29) is 75.1 Å². The fraction of sp³-hybridized carbons (Fsp3) is 0.571. The molecule has 1 saturated carbocycles. The summed E-state index contributed by atoms with van der Waals surface area (Å²) < 4.78 is 17.3. The minimum Gasteiger partial charge on any atom is -0.469 e. The highest BCUT2D eigenvalue weighted by molar-refractivity contribution is 5.96. The van der Waals surface area contributed by atoms with Gasteiger partial charge in [0.2, 0.25) is 17.7 Å². The lowest BCUT2D eigenvalue weighted by Gasteiger charge is -2.36. The number of benzene rings is 1. The molecule has 16 heteroatoms. The van der Waals surface area contributed by atoms with Crippen LogP contribution in [0, 0.1) is 0 Å². The SMILES string of the molecule is CCCOC(=O)N1CCN(C(=O)[C@H](CCC(=O)OC)NC(=O)c2cc(OCC(=O)N3CCC[C@H]3C(=O)NC3CCC3)n(-c3ccccc3)n2)CC1. The van der Waals surface area contributed by atoms with Crippen LogP contribution in [-0.4, -0.2) is 131 Å². The van der Waals surface area contributed by atoms with Gasteiger partial charge in [0.15, 0.2) is 12.3 Å². The number of nitrogens with zero attached hydrogens (tertiary/aromatic N) is 5. The third-order valence-corrected chi connectivity index (χ3v) is 9.33. The van der Waals surface area contributed by atoms with Gasteiger partial charge in [0.1, 0.15) is 12.1 Å². The van der Waals surface area contributed by atoms with Crippen molar-refractivity contribution in [1.82, 2.24) is 35.1 Å². The number of aromatic nitrogens is 2. The molecule has 3 fully saturated rings. The topological polar surface area (TPSA) is 182 Å². The average Bonchev–Trinajstić information content (AvgIpc) is 3.81. The summed E-state index contributed by atoms with van der Waals surface area (Å²) in [4.78, 5) is 82.4. The van der Waals surface area contributed by atoms with Gasteiger partial charge in [-0.15, -0.1) is 0 Å². The van der Waals surface area contributed by atoms with Crippen LogP contribution in [0.15, 0.2) is 36.4 Å². The summed E-state index contributed by atoms with van der Waals surface area (Å²) in [7, 11) is 1.24. The molecule has 51 heavy (non-hydrogen) atoms. The molecule has 2 saturated heterocycles. The van der Waals surface area contributed by atoms with E-state index in [0.717, 1.165) is 19.3 Å². The van der Waals surface area contributed by atoms with E-state index in [2.05, 4.69) is 15.7 Å². The molecule has 0 bridgehead atoms. The Morgan fingerprint density at radius 3 is 2.33 bits per heavy atom. The summed E-state index contributed by atoms with van der Waals surface area (Å²) >= 11 is 0. The van der Waals surface area contributed by atoms with Gasteiger partial charge in [-0.25, -0.2) is 9.48 Å². The lowest BCUT2D eigenvalue weighted by Crippen LogP contribution is -2.56. The lowest BCUT2D eigenvalue weighted by molar-refractivity contribution is -0.141. The predicted octanol–water partition coefficient (Wildman–Crippen LogP) is 1.65. The molecule has 1 aromatic heterocycles. The average molecular weight is 710 g/mol. The molecule has 3 heterocycles. The molecular formula is C35H47N7O9. The normalized spacial score (nSPS) is 18.0. The minimum atomic E-state index is -1.10. The molecule has 0 radical (unpaired) electrons. The maximum absolute atomic E-state index is 13.7. The van der Waals surface area contributed by atoms with Crippen molar-refractivity contribution in [3.05, 3.63) is 42.1 Å². The van der Waals surface area contributed by atoms with Gasteiger partial charge in [-0.2, -0.15) is 5.10 Å². The maximum Gasteiger partial charge on any atom is 0.409 e. The molecule has 5 amide bonds. The van der Waals surface area contributed by atoms with E-state index in [9.17, 15) is 28.8 Å².